The molecule has 0 radical (unpaired) electrons. The second-order valence-corrected chi connectivity index (χ2v) is 17.1. The number of esters is 3. The molecule has 0 fully saturated rings. The lowest BCUT2D eigenvalue weighted by Gasteiger charge is -2.18. The molecule has 0 rings (SSSR count). The average Bonchev–Trinajstić information content (AvgIpc) is 3.28. The summed E-state index contributed by atoms with van der Waals surface area (Å²) >= 11 is 0. The molecule has 0 aromatic heterocycles. The molecule has 0 aliphatic heterocycles. The van der Waals surface area contributed by atoms with Gasteiger partial charge in [0.2, 0.25) is 0 Å². The van der Waals surface area contributed by atoms with Gasteiger partial charge in [-0.3, -0.25) is 14.4 Å². The van der Waals surface area contributed by atoms with Gasteiger partial charge in [-0.15, -0.1) is 0 Å². The van der Waals surface area contributed by atoms with Crippen LogP contribution in [0.5, 0.6) is 0 Å². The smallest absolute Gasteiger partial charge is 0.306 e. The van der Waals surface area contributed by atoms with Crippen molar-refractivity contribution < 1.29 is 28.6 Å². The number of allylic oxidation sites excluding steroid dienone is 14. The minimum absolute atomic E-state index is 0.0987. The fourth-order valence-electron chi connectivity index (χ4n) is 6.96. The van der Waals surface area contributed by atoms with E-state index in [9.17, 15) is 14.4 Å². The molecule has 0 bridgehead atoms. The van der Waals surface area contributed by atoms with Crippen LogP contribution in [0.15, 0.2) is 85.1 Å². The molecule has 0 saturated carbocycles. The molecule has 0 N–H and O–H groups in total. The van der Waals surface area contributed by atoms with Crippen LogP contribution in [0.1, 0.15) is 239 Å². The van der Waals surface area contributed by atoms with Crippen molar-refractivity contribution in [3.05, 3.63) is 85.1 Å². The average molecular weight is 877 g/mol. The largest absolute Gasteiger partial charge is 0.462 e. The van der Waals surface area contributed by atoms with Gasteiger partial charge in [0.05, 0.1) is 0 Å². The Hall–Kier alpha value is -3.41. The predicted octanol–water partition coefficient (Wildman–Crippen LogP) is 17.2. The van der Waals surface area contributed by atoms with Crippen LogP contribution in [0.4, 0.5) is 0 Å². The van der Waals surface area contributed by atoms with Crippen LogP contribution in [-0.2, 0) is 28.6 Å². The Morgan fingerprint density at radius 2 is 0.651 bits per heavy atom. The molecule has 0 aromatic carbocycles. The minimum Gasteiger partial charge on any atom is -0.462 e. The molecular formula is C57H96O6. The van der Waals surface area contributed by atoms with E-state index in [0.717, 1.165) is 103 Å². The summed E-state index contributed by atoms with van der Waals surface area (Å²) < 4.78 is 16.7. The summed E-state index contributed by atoms with van der Waals surface area (Å²) in [6, 6.07) is 0. The van der Waals surface area contributed by atoms with E-state index < -0.39 is 6.10 Å². The fourth-order valence-corrected chi connectivity index (χ4v) is 6.96. The minimum atomic E-state index is -0.805. The first-order chi connectivity index (χ1) is 31.0. The summed E-state index contributed by atoms with van der Waals surface area (Å²) in [5.41, 5.74) is 0. The van der Waals surface area contributed by atoms with Gasteiger partial charge in [0.15, 0.2) is 6.10 Å². The number of hydrogen-bond acceptors (Lipinski definition) is 6. The Balaban J connectivity index is 4.49. The molecule has 6 heteroatoms. The van der Waals surface area contributed by atoms with Crippen molar-refractivity contribution in [2.24, 2.45) is 0 Å². The quantitative estimate of drug-likeness (QED) is 0.0262. The zero-order valence-corrected chi connectivity index (χ0v) is 41.1. The number of ether oxygens (including phenoxy) is 3. The lowest BCUT2D eigenvalue weighted by molar-refractivity contribution is -0.167. The van der Waals surface area contributed by atoms with Gasteiger partial charge in [0.25, 0.3) is 0 Å². The zero-order valence-electron chi connectivity index (χ0n) is 41.1. The molecule has 6 nitrogen and oxygen atoms in total. The van der Waals surface area contributed by atoms with Gasteiger partial charge in [-0.2, -0.15) is 0 Å². The zero-order chi connectivity index (χ0) is 45.8. The first-order valence-corrected chi connectivity index (χ1v) is 26.1. The Kier molecular flexibility index (Phi) is 48.5. The SMILES string of the molecule is CC/C=C\C/C=C\C/C=C\C/C=C\C/C=C\CCCC(=O)OC[C@@H](COC(=O)CCCCCCCCCCCCCCCC)OC(=O)CCCCCCC/C=C\C/C=C\CCCC. The molecule has 0 heterocycles. The van der Waals surface area contributed by atoms with Crippen LogP contribution >= 0.6 is 0 Å². The summed E-state index contributed by atoms with van der Waals surface area (Å²) in [4.78, 5) is 38.0. The molecule has 0 spiro atoms. The number of carbonyl (C=O) groups is 3. The van der Waals surface area contributed by atoms with Crippen LogP contribution in [0.2, 0.25) is 0 Å². The third-order valence-corrected chi connectivity index (χ3v) is 10.9. The first-order valence-electron chi connectivity index (χ1n) is 26.1. The highest BCUT2D eigenvalue weighted by molar-refractivity contribution is 5.71. The molecule has 0 aliphatic carbocycles. The van der Waals surface area contributed by atoms with E-state index in [1.165, 1.54) is 89.9 Å². The predicted molar refractivity (Wildman–Crippen MR) is 270 cm³/mol. The maximum Gasteiger partial charge on any atom is 0.306 e. The normalized spacial score (nSPS) is 12.7. The van der Waals surface area contributed by atoms with Crippen LogP contribution in [-0.4, -0.2) is 37.2 Å². The van der Waals surface area contributed by atoms with Crippen molar-refractivity contribution in [2.45, 2.75) is 245 Å². The molecule has 360 valence electrons. The van der Waals surface area contributed by atoms with Crippen LogP contribution < -0.4 is 0 Å². The van der Waals surface area contributed by atoms with Crippen molar-refractivity contribution in [3.63, 3.8) is 0 Å². The summed E-state index contributed by atoms with van der Waals surface area (Å²) in [5.74, 6) is -0.973. The Morgan fingerprint density at radius 1 is 0.333 bits per heavy atom. The summed E-state index contributed by atoms with van der Waals surface area (Å²) in [5, 5.41) is 0. The van der Waals surface area contributed by atoms with Gasteiger partial charge in [0.1, 0.15) is 13.2 Å². The lowest BCUT2D eigenvalue weighted by atomic mass is 10.0. The third kappa shape index (κ3) is 49.5. The summed E-state index contributed by atoms with van der Waals surface area (Å²) in [6.45, 7) is 6.42. The van der Waals surface area contributed by atoms with Gasteiger partial charge in [-0.25, -0.2) is 0 Å². The van der Waals surface area contributed by atoms with Crippen molar-refractivity contribution in [3.8, 4) is 0 Å². The van der Waals surface area contributed by atoms with E-state index in [1.54, 1.807) is 0 Å². The maximum atomic E-state index is 12.8. The van der Waals surface area contributed by atoms with Crippen LogP contribution in [0.25, 0.3) is 0 Å². The molecule has 1 atom stereocenters. The number of unbranched alkanes of at least 4 members (excludes halogenated alkanes) is 21. The van der Waals surface area contributed by atoms with E-state index in [0.29, 0.717) is 19.3 Å². The van der Waals surface area contributed by atoms with Gasteiger partial charge < -0.3 is 14.2 Å². The standard InChI is InChI=1S/C57H96O6/c1-4-7-10-13-16-19-22-25-28-29-30-33-35-38-41-44-47-50-56(59)62-53-54(63-57(60)51-48-45-42-39-36-32-27-24-21-18-15-12-9-6-3)52-61-55(58)49-46-43-40-37-34-31-26-23-20-17-14-11-8-5-2/h7,10,15-16,18-19,24-25,27-28,30,33,38,41,54H,4-6,8-9,11-14,17,20-23,26,29,31-32,34-37,39-40,42-53H2,1-3H3/b10-7-,18-15-,19-16-,27-24-,28-25-,33-30-,41-38-/t54-/m1/s1. The van der Waals surface area contributed by atoms with E-state index in [4.69, 9.17) is 14.2 Å². The molecular weight excluding hydrogens is 781 g/mol. The third-order valence-electron chi connectivity index (χ3n) is 10.9. The monoisotopic (exact) mass is 877 g/mol. The van der Waals surface area contributed by atoms with E-state index in [-0.39, 0.29) is 37.5 Å². The highest BCUT2D eigenvalue weighted by Crippen LogP contribution is 2.15. The highest BCUT2D eigenvalue weighted by Gasteiger charge is 2.19. The molecule has 0 aliphatic rings. The lowest BCUT2D eigenvalue weighted by Crippen LogP contribution is -2.30. The van der Waals surface area contributed by atoms with E-state index in [2.05, 4.69) is 106 Å². The van der Waals surface area contributed by atoms with Crippen LogP contribution in [0, 0.1) is 0 Å². The second kappa shape index (κ2) is 51.2. The Labute approximate surface area is 388 Å². The van der Waals surface area contributed by atoms with Gasteiger partial charge in [-0.1, -0.05) is 221 Å². The molecule has 0 aromatic rings. The number of carbonyl (C=O) groups excluding carboxylic acids is 3. The van der Waals surface area contributed by atoms with Crippen molar-refractivity contribution >= 4 is 17.9 Å². The molecule has 0 saturated heterocycles. The van der Waals surface area contributed by atoms with Gasteiger partial charge >= 0.3 is 17.9 Å². The van der Waals surface area contributed by atoms with Gasteiger partial charge in [0, 0.05) is 19.3 Å². The molecule has 0 unspecified atom stereocenters. The maximum absolute atomic E-state index is 12.8. The van der Waals surface area contributed by atoms with Gasteiger partial charge in [-0.05, 0) is 83.5 Å². The van der Waals surface area contributed by atoms with Crippen molar-refractivity contribution in [1.82, 2.24) is 0 Å². The fraction of sp³-hybridized carbons (Fsp3) is 0.702. The van der Waals surface area contributed by atoms with Crippen LogP contribution in [0.3, 0.4) is 0 Å². The number of rotatable bonds is 46. The highest BCUT2D eigenvalue weighted by atomic mass is 16.6. The summed E-state index contributed by atoms with van der Waals surface area (Å²) in [6.07, 6.45) is 65.7. The molecule has 63 heavy (non-hydrogen) atoms. The van der Waals surface area contributed by atoms with E-state index >= 15 is 0 Å². The topological polar surface area (TPSA) is 78.9 Å². The molecule has 0 amide bonds. The first kappa shape index (κ1) is 59.6. The second-order valence-electron chi connectivity index (χ2n) is 17.1. The Morgan fingerprint density at radius 3 is 1.08 bits per heavy atom. The number of hydrogen-bond donors (Lipinski definition) is 0. The van der Waals surface area contributed by atoms with Crippen molar-refractivity contribution in [1.29, 1.82) is 0 Å². The van der Waals surface area contributed by atoms with E-state index in [1.807, 2.05) is 0 Å². The Bertz CT molecular complexity index is 1240. The van der Waals surface area contributed by atoms with Crippen molar-refractivity contribution in [2.75, 3.05) is 13.2 Å². The summed E-state index contributed by atoms with van der Waals surface area (Å²) in [7, 11) is 0.